The molecule has 31 heavy (non-hydrogen) atoms. The predicted molar refractivity (Wildman–Crippen MR) is 123 cm³/mol. The third-order valence-electron chi connectivity index (χ3n) is 5.47. The van der Waals surface area contributed by atoms with Crippen LogP contribution in [0.15, 0.2) is 41.5 Å². The van der Waals surface area contributed by atoms with Crippen LogP contribution in [0.1, 0.15) is 60.3 Å². The van der Waals surface area contributed by atoms with Gasteiger partial charge in [-0.15, -0.1) is 0 Å². The van der Waals surface area contributed by atoms with E-state index < -0.39 is 0 Å². The molecule has 0 atom stereocenters. The van der Waals surface area contributed by atoms with E-state index in [0.29, 0.717) is 30.3 Å². The van der Waals surface area contributed by atoms with Gasteiger partial charge in [0.05, 0.1) is 19.4 Å². The van der Waals surface area contributed by atoms with Gasteiger partial charge in [-0.2, -0.15) is 5.10 Å². The number of nitrogens with one attached hydrogen (secondary N) is 2. The Labute approximate surface area is 182 Å². The van der Waals surface area contributed by atoms with Gasteiger partial charge in [-0.05, 0) is 86.6 Å². The number of benzene rings is 2. The molecule has 0 unspecified atom stereocenters. The first-order chi connectivity index (χ1) is 15.2. The Kier molecular flexibility index (Phi) is 6.55. The first-order valence-electron chi connectivity index (χ1n) is 11.1. The molecule has 2 aromatic carbocycles. The van der Waals surface area contributed by atoms with Gasteiger partial charge in [0.15, 0.2) is 11.5 Å². The van der Waals surface area contributed by atoms with Crippen molar-refractivity contribution >= 4 is 23.0 Å². The lowest BCUT2D eigenvalue weighted by molar-refractivity contribution is 0.0955. The summed E-state index contributed by atoms with van der Waals surface area (Å²) in [6.07, 6.45) is 7.12. The lowest BCUT2D eigenvalue weighted by atomic mass is 9.95. The van der Waals surface area contributed by atoms with Crippen LogP contribution in [0, 0.1) is 0 Å². The lowest BCUT2D eigenvalue weighted by Crippen LogP contribution is -2.17. The van der Waals surface area contributed by atoms with Crippen molar-refractivity contribution in [1.82, 2.24) is 10.4 Å². The van der Waals surface area contributed by atoms with E-state index in [1.165, 1.54) is 24.1 Å². The van der Waals surface area contributed by atoms with E-state index in [1.54, 1.807) is 6.21 Å². The van der Waals surface area contributed by atoms with E-state index in [2.05, 4.69) is 22.4 Å². The summed E-state index contributed by atoms with van der Waals surface area (Å²) in [5, 5.41) is 5.29. The smallest absolute Gasteiger partial charge is 0.271 e. The summed E-state index contributed by atoms with van der Waals surface area (Å²) in [7, 11) is 0. The number of hydrogen-bond acceptors (Lipinski definition) is 4. The zero-order valence-electron chi connectivity index (χ0n) is 18.2. The second kappa shape index (κ2) is 9.69. The zero-order chi connectivity index (χ0) is 21.6. The number of hydrazone groups is 1. The van der Waals surface area contributed by atoms with Gasteiger partial charge in [0.2, 0.25) is 0 Å². The Bertz CT molecular complexity index is 1100. The third-order valence-corrected chi connectivity index (χ3v) is 5.47. The number of aryl methyl sites for hydroxylation is 2. The fourth-order valence-corrected chi connectivity index (χ4v) is 3.98. The largest absolute Gasteiger partial charge is 0.490 e. The fourth-order valence-electron chi connectivity index (χ4n) is 3.98. The number of H-pyrrole nitrogens is 1. The molecule has 1 aliphatic carbocycles. The van der Waals surface area contributed by atoms with E-state index in [4.69, 9.17) is 9.47 Å². The van der Waals surface area contributed by atoms with Gasteiger partial charge in [-0.1, -0.05) is 6.92 Å². The van der Waals surface area contributed by atoms with E-state index in [1.807, 2.05) is 43.3 Å². The maximum Gasteiger partial charge on any atom is 0.271 e. The second-order valence-corrected chi connectivity index (χ2v) is 7.74. The molecule has 0 bridgehead atoms. The summed E-state index contributed by atoms with van der Waals surface area (Å²) in [6.45, 7) is 5.18. The summed E-state index contributed by atoms with van der Waals surface area (Å²) in [5.74, 6) is 1.17. The molecule has 1 aliphatic rings. The highest BCUT2D eigenvalue weighted by atomic mass is 16.5. The maximum atomic E-state index is 12.6. The number of hydrogen-bond donors (Lipinski definition) is 2. The lowest BCUT2D eigenvalue weighted by Gasteiger charge is -2.11. The van der Waals surface area contributed by atoms with Crippen molar-refractivity contribution in [2.75, 3.05) is 13.2 Å². The number of fused-ring (bicyclic) bond motifs is 3. The van der Waals surface area contributed by atoms with Crippen LogP contribution in [0.2, 0.25) is 0 Å². The SMILES string of the molecule is CCCOc1ccc(/C=N\NC(=O)c2ccc3[nH]c4c(c3c2)CCCC4)cc1OCC. The molecule has 3 aromatic rings. The molecule has 0 saturated carbocycles. The fraction of sp³-hybridized carbons (Fsp3) is 0.360. The molecule has 1 heterocycles. The molecule has 2 N–H and O–H groups in total. The molecule has 1 aromatic heterocycles. The van der Waals surface area contributed by atoms with Gasteiger partial charge in [0, 0.05) is 22.2 Å². The zero-order valence-corrected chi connectivity index (χ0v) is 18.2. The van der Waals surface area contributed by atoms with Gasteiger partial charge in [0.25, 0.3) is 5.91 Å². The van der Waals surface area contributed by atoms with Crippen LogP contribution in [0.4, 0.5) is 0 Å². The first kappa shape index (κ1) is 21.0. The molecule has 0 radical (unpaired) electrons. The van der Waals surface area contributed by atoms with Crippen molar-refractivity contribution in [3.63, 3.8) is 0 Å². The number of ether oxygens (including phenoxy) is 2. The molecule has 162 valence electrons. The maximum absolute atomic E-state index is 12.6. The number of carbonyl (C=O) groups excluding carboxylic acids is 1. The summed E-state index contributed by atoms with van der Waals surface area (Å²) in [6, 6.07) is 11.4. The minimum Gasteiger partial charge on any atom is -0.490 e. The first-order valence-corrected chi connectivity index (χ1v) is 11.1. The van der Waals surface area contributed by atoms with E-state index in [9.17, 15) is 4.79 Å². The number of nitrogens with zero attached hydrogens (tertiary/aromatic N) is 1. The van der Waals surface area contributed by atoms with Gasteiger partial charge in [0.1, 0.15) is 0 Å². The molecular formula is C25H29N3O3. The highest BCUT2D eigenvalue weighted by Gasteiger charge is 2.16. The van der Waals surface area contributed by atoms with Gasteiger partial charge in [-0.25, -0.2) is 5.43 Å². The highest BCUT2D eigenvalue weighted by Crippen LogP contribution is 2.30. The Morgan fingerprint density at radius 1 is 1.10 bits per heavy atom. The normalized spacial score (nSPS) is 13.4. The summed E-state index contributed by atoms with van der Waals surface area (Å²) >= 11 is 0. The van der Waals surface area contributed by atoms with Crippen LogP contribution in [0.5, 0.6) is 11.5 Å². The molecule has 6 heteroatoms. The van der Waals surface area contributed by atoms with E-state index in [0.717, 1.165) is 35.7 Å². The molecule has 0 aliphatic heterocycles. The monoisotopic (exact) mass is 419 g/mol. The van der Waals surface area contributed by atoms with Crippen LogP contribution < -0.4 is 14.9 Å². The van der Waals surface area contributed by atoms with E-state index >= 15 is 0 Å². The second-order valence-electron chi connectivity index (χ2n) is 7.74. The van der Waals surface area contributed by atoms with Crippen LogP contribution in [-0.4, -0.2) is 30.3 Å². The third kappa shape index (κ3) is 4.74. The number of aromatic nitrogens is 1. The molecule has 0 fully saturated rings. The minimum atomic E-state index is -0.225. The Hall–Kier alpha value is -3.28. The van der Waals surface area contributed by atoms with Gasteiger partial charge < -0.3 is 14.5 Å². The summed E-state index contributed by atoms with van der Waals surface area (Å²) in [4.78, 5) is 16.1. The van der Waals surface area contributed by atoms with Crippen LogP contribution >= 0.6 is 0 Å². The summed E-state index contributed by atoms with van der Waals surface area (Å²) in [5.41, 5.74) is 7.83. The van der Waals surface area contributed by atoms with Crippen LogP contribution in [-0.2, 0) is 12.8 Å². The predicted octanol–water partition coefficient (Wildman–Crippen LogP) is 5.00. The molecule has 6 nitrogen and oxygen atoms in total. The Balaban J connectivity index is 1.46. The minimum absolute atomic E-state index is 0.225. The van der Waals surface area contributed by atoms with Crippen molar-refractivity contribution in [3.8, 4) is 11.5 Å². The van der Waals surface area contributed by atoms with Crippen LogP contribution in [0.3, 0.4) is 0 Å². The number of carbonyl (C=O) groups is 1. The molecule has 0 saturated heterocycles. The van der Waals surface area contributed by atoms with Crippen molar-refractivity contribution in [2.45, 2.75) is 46.0 Å². The molecule has 1 amide bonds. The van der Waals surface area contributed by atoms with Gasteiger partial charge >= 0.3 is 0 Å². The van der Waals surface area contributed by atoms with Crippen molar-refractivity contribution in [3.05, 3.63) is 58.8 Å². The topological polar surface area (TPSA) is 75.7 Å². The average Bonchev–Trinajstić information content (AvgIpc) is 3.16. The van der Waals surface area contributed by atoms with Crippen molar-refractivity contribution in [2.24, 2.45) is 5.10 Å². The Morgan fingerprint density at radius 2 is 1.97 bits per heavy atom. The van der Waals surface area contributed by atoms with Crippen molar-refractivity contribution in [1.29, 1.82) is 0 Å². The molecule has 0 spiro atoms. The highest BCUT2D eigenvalue weighted by molar-refractivity contribution is 5.99. The molecular weight excluding hydrogens is 390 g/mol. The standard InChI is InChI=1S/C25H29N3O3/c1-3-13-31-23-12-9-17(14-24(23)30-4-2)16-26-28-25(29)18-10-11-22-20(15-18)19-7-5-6-8-21(19)27-22/h9-12,14-16,27H,3-8,13H2,1-2H3,(H,28,29)/b26-16-. The number of amides is 1. The van der Waals surface area contributed by atoms with E-state index in [-0.39, 0.29) is 5.91 Å². The quantitative estimate of drug-likeness (QED) is 0.399. The van der Waals surface area contributed by atoms with Gasteiger partial charge in [-0.3, -0.25) is 4.79 Å². The Morgan fingerprint density at radius 3 is 2.81 bits per heavy atom. The number of rotatable bonds is 8. The average molecular weight is 420 g/mol. The summed E-state index contributed by atoms with van der Waals surface area (Å²) < 4.78 is 11.4. The van der Waals surface area contributed by atoms with Crippen molar-refractivity contribution < 1.29 is 14.3 Å². The van der Waals surface area contributed by atoms with Crippen LogP contribution in [0.25, 0.3) is 10.9 Å². The number of aromatic amines is 1. The molecule has 4 rings (SSSR count).